The number of esters is 2. The van der Waals surface area contributed by atoms with Gasteiger partial charge in [-0.2, -0.15) is 0 Å². The number of hydrogen-bond acceptors (Lipinski definition) is 7. The standard InChI is InChI=1S/C15H17O7P/c1-4-14(16)19-10-21-23(18,22-11-20-15(17)5-2)13-9-7-6-8-12(13)3/h4-9H,1-2,10-11H2,3H3. The van der Waals surface area contributed by atoms with E-state index < -0.39 is 33.1 Å². The summed E-state index contributed by atoms with van der Waals surface area (Å²) >= 11 is 0. The van der Waals surface area contributed by atoms with E-state index in [0.29, 0.717) is 5.56 Å². The summed E-state index contributed by atoms with van der Waals surface area (Å²) in [5.41, 5.74) is 0.640. The molecular weight excluding hydrogens is 323 g/mol. The molecule has 0 atom stereocenters. The first-order valence-corrected chi connectivity index (χ1v) is 8.01. The molecule has 1 rings (SSSR count). The van der Waals surface area contributed by atoms with Gasteiger partial charge in [-0.25, -0.2) is 9.59 Å². The number of carbonyl (C=O) groups is 2. The van der Waals surface area contributed by atoms with Crippen molar-refractivity contribution in [3.05, 3.63) is 55.1 Å². The SMILES string of the molecule is C=CC(=O)OCOP(=O)(OCOC(=O)C=C)c1ccccc1C. The fourth-order valence-corrected chi connectivity index (χ4v) is 2.98. The highest BCUT2D eigenvalue weighted by atomic mass is 31.2. The number of aryl methyl sites for hydroxylation is 1. The summed E-state index contributed by atoms with van der Waals surface area (Å²) in [6.07, 6.45) is 1.88. The van der Waals surface area contributed by atoms with E-state index in [0.717, 1.165) is 12.2 Å². The third kappa shape index (κ3) is 5.83. The lowest BCUT2D eigenvalue weighted by atomic mass is 10.2. The lowest BCUT2D eigenvalue weighted by molar-refractivity contribution is -0.145. The molecule has 1 aromatic carbocycles. The zero-order valence-electron chi connectivity index (χ0n) is 12.6. The first-order valence-electron chi connectivity index (χ1n) is 6.46. The molecule has 0 fully saturated rings. The number of carbonyl (C=O) groups excluding carboxylic acids is 2. The van der Waals surface area contributed by atoms with Crippen LogP contribution in [0.3, 0.4) is 0 Å². The Labute approximate surface area is 134 Å². The van der Waals surface area contributed by atoms with Crippen LogP contribution in [0.4, 0.5) is 0 Å². The van der Waals surface area contributed by atoms with Crippen LogP contribution in [0.25, 0.3) is 0 Å². The molecule has 0 saturated carbocycles. The summed E-state index contributed by atoms with van der Waals surface area (Å²) < 4.78 is 32.4. The molecule has 0 N–H and O–H groups in total. The van der Waals surface area contributed by atoms with Gasteiger partial charge in [-0.3, -0.25) is 13.6 Å². The molecule has 0 aromatic heterocycles. The van der Waals surface area contributed by atoms with Gasteiger partial charge in [0, 0.05) is 12.2 Å². The first-order chi connectivity index (χ1) is 10.9. The molecule has 0 aliphatic carbocycles. The first kappa shape index (κ1) is 18.8. The minimum absolute atomic E-state index is 0.268. The Balaban J connectivity index is 2.86. The van der Waals surface area contributed by atoms with Crippen LogP contribution < -0.4 is 5.30 Å². The van der Waals surface area contributed by atoms with E-state index in [-0.39, 0.29) is 5.30 Å². The van der Waals surface area contributed by atoms with Crippen molar-refractivity contribution in [2.24, 2.45) is 0 Å². The van der Waals surface area contributed by atoms with Crippen molar-refractivity contribution in [1.82, 2.24) is 0 Å². The highest BCUT2D eigenvalue weighted by Gasteiger charge is 2.30. The van der Waals surface area contributed by atoms with E-state index >= 15 is 0 Å². The van der Waals surface area contributed by atoms with Gasteiger partial charge in [-0.1, -0.05) is 31.4 Å². The number of rotatable bonds is 9. The smallest absolute Gasteiger partial charge is 0.367 e. The Hall–Kier alpha value is -2.21. The molecule has 0 heterocycles. The van der Waals surface area contributed by atoms with E-state index in [1.807, 2.05) is 0 Å². The van der Waals surface area contributed by atoms with E-state index in [4.69, 9.17) is 9.05 Å². The summed E-state index contributed by atoms with van der Waals surface area (Å²) in [6.45, 7) is 6.96. The van der Waals surface area contributed by atoms with Crippen LogP contribution in [0.2, 0.25) is 0 Å². The number of ether oxygens (including phenoxy) is 2. The quantitative estimate of drug-likeness (QED) is 0.295. The molecule has 1 aromatic rings. The van der Waals surface area contributed by atoms with Gasteiger partial charge in [0.1, 0.15) is 0 Å². The van der Waals surface area contributed by atoms with Gasteiger partial charge < -0.3 is 9.47 Å². The molecule has 0 aliphatic rings. The highest BCUT2D eigenvalue weighted by molar-refractivity contribution is 7.62. The molecule has 0 amide bonds. The third-order valence-electron chi connectivity index (χ3n) is 2.59. The van der Waals surface area contributed by atoms with Crippen LogP contribution in [-0.2, 0) is 32.7 Å². The Kier molecular flexibility index (Phi) is 7.41. The third-order valence-corrected chi connectivity index (χ3v) is 4.57. The van der Waals surface area contributed by atoms with Gasteiger partial charge in [0.2, 0.25) is 13.6 Å². The highest BCUT2D eigenvalue weighted by Crippen LogP contribution is 2.47. The molecule has 0 saturated heterocycles. The summed E-state index contributed by atoms with van der Waals surface area (Å²) in [5, 5.41) is 0.268. The van der Waals surface area contributed by atoms with Crippen molar-refractivity contribution in [2.75, 3.05) is 13.6 Å². The largest absolute Gasteiger partial charge is 0.435 e. The van der Waals surface area contributed by atoms with Crippen LogP contribution in [0, 0.1) is 6.92 Å². The monoisotopic (exact) mass is 340 g/mol. The molecule has 0 bridgehead atoms. The Bertz CT molecular complexity index is 608. The molecule has 7 nitrogen and oxygen atoms in total. The van der Waals surface area contributed by atoms with Crippen molar-refractivity contribution in [1.29, 1.82) is 0 Å². The van der Waals surface area contributed by atoms with Crippen molar-refractivity contribution < 1.29 is 32.7 Å². The lowest BCUT2D eigenvalue weighted by Crippen LogP contribution is -2.17. The van der Waals surface area contributed by atoms with E-state index in [2.05, 4.69) is 22.6 Å². The van der Waals surface area contributed by atoms with Gasteiger partial charge in [-0.15, -0.1) is 0 Å². The zero-order valence-corrected chi connectivity index (χ0v) is 13.5. The average Bonchev–Trinajstić information content (AvgIpc) is 2.54. The minimum atomic E-state index is -3.87. The summed E-state index contributed by atoms with van der Waals surface area (Å²) in [7, 11) is -3.87. The van der Waals surface area contributed by atoms with Gasteiger partial charge >= 0.3 is 19.5 Å². The van der Waals surface area contributed by atoms with Crippen molar-refractivity contribution >= 4 is 24.8 Å². The van der Waals surface area contributed by atoms with Gasteiger partial charge in [0.15, 0.2) is 0 Å². The maximum Gasteiger partial charge on any atom is 0.367 e. The Morgan fingerprint density at radius 3 is 1.96 bits per heavy atom. The molecule has 0 aliphatic heterocycles. The molecule has 124 valence electrons. The second kappa shape index (κ2) is 9.05. The molecular formula is C15H17O7P. The fourth-order valence-electron chi connectivity index (χ4n) is 1.47. The maximum absolute atomic E-state index is 12.9. The number of hydrogen-bond donors (Lipinski definition) is 0. The van der Waals surface area contributed by atoms with E-state index in [9.17, 15) is 14.2 Å². The lowest BCUT2D eigenvalue weighted by Gasteiger charge is -2.19. The maximum atomic E-state index is 12.9. The molecule has 0 radical (unpaired) electrons. The Morgan fingerprint density at radius 1 is 1.04 bits per heavy atom. The van der Waals surface area contributed by atoms with Crippen molar-refractivity contribution in [2.45, 2.75) is 6.92 Å². The molecule has 0 unspecified atom stereocenters. The van der Waals surface area contributed by atoms with Crippen LogP contribution in [0.15, 0.2) is 49.6 Å². The van der Waals surface area contributed by atoms with Crippen LogP contribution in [0.1, 0.15) is 5.56 Å². The summed E-state index contributed by atoms with van der Waals surface area (Å²) in [4.78, 5) is 22.0. The van der Waals surface area contributed by atoms with Crippen LogP contribution >= 0.6 is 7.60 Å². The molecule has 8 heteroatoms. The van der Waals surface area contributed by atoms with Crippen LogP contribution in [-0.4, -0.2) is 25.5 Å². The fraction of sp³-hybridized carbons (Fsp3) is 0.200. The second-order valence-electron chi connectivity index (χ2n) is 4.11. The van der Waals surface area contributed by atoms with E-state index in [1.54, 1.807) is 31.2 Å². The second-order valence-corrected chi connectivity index (χ2v) is 6.11. The summed E-state index contributed by atoms with van der Waals surface area (Å²) in [5.74, 6) is -1.47. The Morgan fingerprint density at radius 2 is 1.52 bits per heavy atom. The normalized spacial score (nSPS) is 10.7. The topological polar surface area (TPSA) is 88.1 Å². The van der Waals surface area contributed by atoms with Crippen molar-refractivity contribution in [3.8, 4) is 0 Å². The predicted octanol–water partition coefficient (Wildman–Crippen LogP) is 2.22. The minimum Gasteiger partial charge on any atom is -0.435 e. The number of benzene rings is 1. The average molecular weight is 340 g/mol. The van der Waals surface area contributed by atoms with Gasteiger partial charge in [0.05, 0.1) is 5.30 Å². The summed E-state index contributed by atoms with van der Waals surface area (Å²) in [6, 6.07) is 6.65. The van der Waals surface area contributed by atoms with Gasteiger partial charge in [0.25, 0.3) is 0 Å². The molecule has 0 spiro atoms. The van der Waals surface area contributed by atoms with Crippen LogP contribution in [0.5, 0.6) is 0 Å². The van der Waals surface area contributed by atoms with Crippen molar-refractivity contribution in [3.63, 3.8) is 0 Å². The molecule has 23 heavy (non-hydrogen) atoms. The predicted molar refractivity (Wildman–Crippen MR) is 82.9 cm³/mol. The van der Waals surface area contributed by atoms with E-state index in [1.165, 1.54) is 0 Å². The zero-order chi connectivity index (χ0) is 17.3. The van der Waals surface area contributed by atoms with Gasteiger partial charge in [-0.05, 0) is 18.6 Å².